The first-order valence-corrected chi connectivity index (χ1v) is 11.1. The number of H-pyrrole nitrogens is 1. The largest absolute Gasteiger partial charge is 0.482 e. The number of hydrogen-bond acceptors (Lipinski definition) is 7. The Labute approximate surface area is 198 Å². The average molecular weight is 491 g/mol. The molecule has 11 nitrogen and oxygen atoms in total. The first kappa shape index (κ1) is 24.6. The number of hydrogen-bond donors (Lipinski definition) is 3. The van der Waals surface area contributed by atoms with E-state index < -0.39 is 46.9 Å². The number of likely N-dealkylation sites (tertiary alicyclic amines) is 1. The van der Waals surface area contributed by atoms with Crippen LogP contribution in [-0.2, 0) is 9.53 Å². The number of piperidine rings is 1. The number of aromatic amines is 1. The third-order valence-electron chi connectivity index (χ3n) is 6.63. The minimum absolute atomic E-state index is 0.0653. The number of nitrogens with one attached hydrogen (secondary N) is 1. The zero-order valence-electron chi connectivity index (χ0n) is 19.0. The van der Waals surface area contributed by atoms with Gasteiger partial charge in [0.15, 0.2) is 6.61 Å². The van der Waals surface area contributed by atoms with Crippen molar-refractivity contribution in [3.8, 4) is 5.75 Å². The van der Waals surface area contributed by atoms with Gasteiger partial charge in [0.2, 0.25) is 5.82 Å². The fourth-order valence-electron chi connectivity index (χ4n) is 4.79. The van der Waals surface area contributed by atoms with E-state index in [1.165, 1.54) is 12.1 Å². The van der Waals surface area contributed by atoms with E-state index in [0.29, 0.717) is 37.2 Å². The van der Waals surface area contributed by atoms with Crippen LogP contribution in [0.25, 0.3) is 0 Å². The number of carboxylic acid groups (broad SMARTS) is 1. The zero-order valence-corrected chi connectivity index (χ0v) is 19.0. The summed E-state index contributed by atoms with van der Waals surface area (Å²) in [4.78, 5) is 50.6. The number of benzene rings is 1. The lowest BCUT2D eigenvalue weighted by molar-refractivity contribution is -0.195. The van der Waals surface area contributed by atoms with Gasteiger partial charge in [-0.3, -0.25) is 19.1 Å². The molecule has 1 aromatic carbocycles. The number of carbonyl (C=O) groups is 2. The molecule has 2 atom stereocenters. The van der Waals surface area contributed by atoms with E-state index >= 15 is 0 Å². The number of carboxylic acids is 1. The summed E-state index contributed by atoms with van der Waals surface area (Å²) in [5.74, 6) is -2.08. The van der Waals surface area contributed by atoms with E-state index in [4.69, 9.17) is 14.6 Å². The van der Waals surface area contributed by atoms with Gasteiger partial charge in [0, 0.05) is 25.1 Å². The van der Waals surface area contributed by atoms with Crippen LogP contribution >= 0.6 is 0 Å². The number of aliphatic carboxylic acids is 1. The highest BCUT2D eigenvalue weighted by Crippen LogP contribution is 2.43. The predicted octanol–water partition coefficient (Wildman–Crippen LogP) is 0.527. The van der Waals surface area contributed by atoms with Crippen LogP contribution in [-0.4, -0.2) is 74.0 Å². The van der Waals surface area contributed by atoms with Gasteiger partial charge in [-0.2, -0.15) is 4.39 Å². The van der Waals surface area contributed by atoms with Crippen molar-refractivity contribution in [2.24, 2.45) is 0 Å². The second kappa shape index (κ2) is 9.27. The number of amides is 1. The summed E-state index contributed by atoms with van der Waals surface area (Å²) in [5, 5.41) is 19.8. The Kier molecular flexibility index (Phi) is 6.52. The van der Waals surface area contributed by atoms with Crippen molar-refractivity contribution in [1.82, 2.24) is 14.5 Å². The topological polar surface area (TPSA) is 151 Å². The quantitative estimate of drug-likeness (QED) is 0.548. The number of aromatic nitrogens is 2. The summed E-state index contributed by atoms with van der Waals surface area (Å²) in [5.41, 5.74) is -3.67. The van der Waals surface area contributed by atoms with Crippen LogP contribution in [0.3, 0.4) is 0 Å². The van der Waals surface area contributed by atoms with Gasteiger partial charge in [0.1, 0.15) is 5.75 Å². The number of aliphatic hydroxyl groups is 1. The normalized spacial score (nSPS) is 23.7. The molecule has 0 saturated carbocycles. The molecule has 0 bridgehead atoms. The minimum Gasteiger partial charge on any atom is -0.482 e. The molecule has 188 valence electrons. The highest BCUT2D eigenvalue weighted by Gasteiger charge is 2.50. The number of rotatable bonds is 5. The monoisotopic (exact) mass is 491 g/mol. The van der Waals surface area contributed by atoms with Gasteiger partial charge in [0.05, 0.1) is 30.0 Å². The molecule has 35 heavy (non-hydrogen) atoms. The summed E-state index contributed by atoms with van der Waals surface area (Å²) in [6.45, 7) is 1.76. The van der Waals surface area contributed by atoms with Crippen molar-refractivity contribution in [3.05, 3.63) is 62.7 Å². The highest BCUT2D eigenvalue weighted by molar-refractivity contribution is 5.94. The van der Waals surface area contributed by atoms with Crippen molar-refractivity contribution in [2.75, 3.05) is 26.3 Å². The number of nitrogens with zero attached hydrogens (tertiary/aromatic N) is 2. The number of ether oxygens (including phenoxy) is 2. The van der Waals surface area contributed by atoms with E-state index in [0.717, 1.165) is 10.8 Å². The smallest absolute Gasteiger partial charge is 0.341 e. The number of halogens is 1. The van der Waals surface area contributed by atoms with Crippen LogP contribution < -0.4 is 16.0 Å². The standard InChI is InChI=1S/C23H26FN3O8/c1-22(33)13-23(35-11-17(22)27-10-16(24)19(30)25-21(27)32)6-8-26(9-7-23)20(31)14-2-4-15(5-3-14)34-12-18(28)29/h2-5,10,17,33H,6-9,11-13H2,1H3,(H,28,29)(H,25,30,32)/t17-,22-/m0/s1. The van der Waals surface area contributed by atoms with Gasteiger partial charge in [-0.05, 0) is 44.0 Å². The Morgan fingerprint density at radius 2 is 1.89 bits per heavy atom. The second-order valence-corrected chi connectivity index (χ2v) is 9.19. The summed E-state index contributed by atoms with van der Waals surface area (Å²) < 4.78 is 25.9. The summed E-state index contributed by atoms with van der Waals surface area (Å²) in [7, 11) is 0. The van der Waals surface area contributed by atoms with Gasteiger partial charge in [-0.25, -0.2) is 9.59 Å². The minimum atomic E-state index is -1.43. The second-order valence-electron chi connectivity index (χ2n) is 9.19. The Balaban J connectivity index is 1.40. The molecule has 0 unspecified atom stereocenters. The summed E-state index contributed by atoms with van der Waals surface area (Å²) >= 11 is 0. The van der Waals surface area contributed by atoms with Crippen LogP contribution in [0.1, 0.15) is 42.6 Å². The van der Waals surface area contributed by atoms with Crippen LogP contribution in [0.2, 0.25) is 0 Å². The van der Waals surface area contributed by atoms with Crippen LogP contribution in [0.5, 0.6) is 5.75 Å². The molecule has 1 spiro atoms. The van der Waals surface area contributed by atoms with Gasteiger partial charge < -0.3 is 24.6 Å². The number of carbonyl (C=O) groups excluding carboxylic acids is 1. The Bertz CT molecular complexity index is 1230. The van der Waals surface area contributed by atoms with Crippen molar-refractivity contribution in [2.45, 2.75) is 43.4 Å². The summed E-state index contributed by atoms with van der Waals surface area (Å²) in [6, 6.07) is 5.30. The van der Waals surface area contributed by atoms with Crippen molar-refractivity contribution >= 4 is 11.9 Å². The van der Waals surface area contributed by atoms with Crippen LogP contribution in [0.4, 0.5) is 4.39 Å². The molecular weight excluding hydrogens is 465 g/mol. The molecule has 12 heteroatoms. The molecule has 1 aromatic heterocycles. The molecule has 2 fully saturated rings. The maximum Gasteiger partial charge on any atom is 0.341 e. The van der Waals surface area contributed by atoms with Gasteiger partial charge in [-0.15, -0.1) is 0 Å². The van der Waals surface area contributed by atoms with E-state index in [1.54, 1.807) is 24.0 Å². The Hall–Kier alpha value is -3.51. The van der Waals surface area contributed by atoms with Gasteiger partial charge >= 0.3 is 11.7 Å². The molecule has 4 rings (SSSR count). The lowest BCUT2D eigenvalue weighted by Crippen LogP contribution is -2.59. The van der Waals surface area contributed by atoms with E-state index in [2.05, 4.69) is 0 Å². The lowest BCUT2D eigenvalue weighted by Gasteiger charge is -2.51. The van der Waals surface area contributed by atoms with E-state index in [-0.39, 0.29) is 18.9 Å². The van der Waals surface area contributed by atoms with Gasteiger partial charge in [0.25, 0.3) is 11.5 Å². The van der Waals surface area contributed by atoms with Crippen LogP contribution in [0, 0.1) is 5.82 Å². The maximum atomic E-state index is 13.8. The fourth-order valence-corrected chi connectivity index (χ4v) is 4.79. The Morgan fingerprint density at radius 3 is 2.49 bits per heavy atom. The van der Waals surface area contributed by atoms with E-state index in [9.17, 15) is 28.7 Å². The van der Waals surface area contributed by atoms with E-state index in [1.807, 2.05) is 4.98 Å². The predicted molar refractivity (Wildman–Crippen MR) is 119 cm³/mol. The van der Waals surface area contributed by atoms with Gasteiger partial charge in [-0.1, -0.05) is 0 Å². The summed E-state index contributed by atoms with van der Waals surface area (Å²) in [6.07, 6.45) is 1.85. The first-order chi connectivity index (χ1) is 16.5. The third-order valence-corrected chi connectivity index (χ3v) is 6.63. The SMILES string of the molecule is C[C@]1(O)CC2(CCN(C(=O)c3ccc(OCC(=O)O)cc3)CC2)OC[C@@H]1n1cc(F)c(=O)[nH]c1=O. The zero-order chi connectivity index (χ0) is 25.4. The molecule has 2 aliphatic rings. The molecule has 0 aliphatic carbocycles. The molecule has 2 aromatic rings. The maximum absolute atomic E-state index is 13.8. The van der Waals surface area contributed by atoms with Crippen molar-refractivity contribution in [3.63, 3.8) is 0 Å². The molecule has 0 radical (unpaired) electrons. The Morgan fingerprint density at radius 1 is 1.23 bits per heavy atom. The highest BCUT2D eigenvalue weighted by atomic mass is 19.1. The molecule has 3 heterocycles. The lowest BCUT2D eigenvalue weighted by atomic mass is 9.75. The molecule has 3 N–H and O–H groups in total. The van der Waals surface area contributed by atoms with Crippen LogP contribution in [0.15, 0.2) is 40.1 Å². The average Bonchev–Trinajstić information content (AvgIpc) is 2.80. The molecule has 1 amide bonds. The third kappa shape index (κ3) is 5.13. The molecular formula is C23H26FN3O8. The first-order valence-electron chi connectivity index (χ1n) is 11.1. The fraction of sp³-hybridized carbons (Fsp3) is 0.478. The van der Waals surface area contributed by atoms with Crippen molar-refractivity contribution in [1.29, 1.82) is 0 Å². The molecule has 2 saturated heterocycles. The van der Waals surface area contributed by atoms with Crippen molar-refractivity contribution < 1.29 is 33.7 Å². The molecule has 2 aliphatic heterocycles.